The summed E-state index contributed by atoms with van der Waals surface area (Å²) in [6.07, 6.45) is 0.477. The molecule has 0 amide bonds. The molecule has 0 atom stereocenters. The molecule has 3 heteroatoms. The van der Waals surface area contributed by atoms with E-state index in [1.807, 2.05) is 6.92 Å². The second-order valence-corrected chi connectivity index (χ2v) is 2.23. The van der Waals surface area contributed by atoms with E-state index in [2.05, 4.69) is 0 Å². The molecule has 0 aromatic heterocycles. The number of carbonyl (C=O) groups is 1. The van der Waals surface area contributed by atoms with Crippen LogP contribution in [0.25, 0.3) is 0 Å². The Morgan fingerprint density at radius 3 is 2.83 bits per heavy atom. The van der Waals surface area contributed by atoms with Gasteiger partial charge in [0.1, 0.15) is 11.6 Å². The normalized spacial score (nSPS) is 9.50. The molecule has 2 nitrogen and oxygen atoms in total. The highest BCUT2D eigenvalue weighted by Crippen LogP contribution is 2.14. The van der Waals surface area contributed by atoms with Crippen LogP contribution in [0, 0.1) is 5.82 Å². The topological polar surface area (TPSA) is 26.3 Å². The van der Waals surface area contributed by atoms with Crippen molar-refractivity contribution in [1.82, 2.24) is 0 Å². The van der Waals surface area contributed by atoms with Crippen LogP contribution >= 0.6 is 0 Å². The van der Waals surface area contributed by atoms with Crippen molar-refractivity contribution in [3.8, 4) is 5.75 Å². The molecule has 0 saturated carbocycles. The molecule has 0 heterocycles. The van der Waals surface area contributed by atoms with Gasteiger partial charge in [0.2, 0.25) is 0 Å². The second-order valence-electron chi connectivity index (χ2n) is 2.23. The Labute approximate surface area is 70.0 Å². The molecule has 1 rings (SSSR count). The van der Waals surface area contributed by atoms with E-state index >= 15 is 0 Å². The molecule has 0 saturated heterocycles. The monoisotopic (exact) mass is 168 g/mol. The van der Waals surface area contributed by atoms with Crippen LogP contribution < -0.4 is 4.74 Å². The zero-order valence-electron chi connectivity index (χ0n) is 6.71. The minimum absolute atomic E-state index is 0.0541. The molecule has 0 fully saturated rings. The van der Waals surface area contributed by atoms with Crippen LogP contribution in [0.2, 0.25) is 0 Å². The Balaban J connectivity index is 2.93. The van der Waals surface area contributed by atoms with E-state index in [0.717, 1.165) is 0 Å². The molecule has 0 N–H and O–H groups in total. The summed E-state index contributed by atoms with van der Waals surface area (Å²) in [4.78, 5) is 10.2. The van der Waals surface area contributed by atoms with E-state index in [1.54, 1.807) is 6.07 Å². The van der Waals surface area contributed by atoms with E-state index in [-0.39, 0.29) is 5.56 Å². The van der Waals surface area contributed by atoms with Crippen LogP contribution in [0.3, 0.4) is 0 Å². The molecule has 64 valence electrons. The first-order chi connectivity index (χ1) is 5.77. The summed E-state index contributed by atoms with van der Waals surface area (Å²) < 4.78 is 17.9. The Morgan fingerprint density at radius 1 is 1.58 bits per heavy atom. The Hall–Kier alpha value is -1.38. The molecule has 12 heavy (non-hydrogen) atoms. The number of rotatable bonds is 3. The summed E-state index contributed by atoms with van der Waals surface area (Å²) >= 11 is 0. The molecule has 0 aliphatic heterocycles. The van der Waals surface area contributed by atoms with Crippen molar-refractivity contribution < 1.29 is 13.9 Å². The lowest BCUT2D eigenvalue weighted by Gasteiger charge is -2.02. The van der Waals surface area contributed by atoms with Crippen LogP contribution in [0.5, 0.6) is 5.75 Å². The summed E-state index contributed by atoms with van der Waals surface area (Å²) in [6.45, 7) is 2.30. The van der Waals surface area contributed by atoms with Crippen molar-refractivity contribution in [3.05, 3.63) is 29.6 Å². The van der Waals surface area contributed by atoms with Gasteiger partial charge in [0, 0.05) is 6.07 Å². The van der Waals surface area contributed by atoms with Crippen LogP contribution in [-0.4, -0.2) is 12.9 Å². The third-order valence-electron chi connectivity index (χ3n) is 1.41. The van der Waals surface area contributed by atoms with Gasteiger partial charge < -0.3 is 4.74 Å². The van der Waals surface area contributed by atoms with Gasteiger partial charge in [0.15, 0.2) is 6.29 Å². The molecular formula is C9H9FO2. The smallest absolute Gasteiger partial charge is 0.152 e. The number of hydrogen-bond acceptors (Lipinski definition) is 2. The lowest BCUT2D eigenvalue weighted by Crippen LogP contribution is -1.93. The Kier molecular flexibility index (Phi) is 2.80. The number of ether oxygens (including phenoxy) is 1. The average molecular weight is 168 g/mol. The molecule has 0 spiro atoms. The lowest BCUT2D eigenvalue weighted by atomic mass is 10.2. The minimum Gasteiger partial charge on any atom is -0.494 e. The van der Waals surface area contributed by atoms with E-state index < -0.39 is 5.82 Å². The fraction of sp³-hybridized carbons (Fsp3) is 0.222. The molecule has 0 bridgehead atoms. The van der Waals surface area contributed by atoms with Gasteiger partial charge in [-0.25, -0.2) is 4.39 Å². The molecule has 1 aromatic rings. The highest BCUT2D eigenvalue weighted by molar-refractivity contribution is 5.75. The van der Waals surface area contributed by atoms with Crippen LogP contribution in [0.1, 0.15) is 17.3 Å². The number of benzene rings is 1. The SMILES string of the molecule is CCOc1ccc(C=O)c(F)c1. The van der Waals surface area contributed by atoms with Crippen molar-refractivity contribution in [3.63, 3.8) is 0 Å². The quantitative estimate of drug-likeness (QED) is 0.645. The van der Waals surface area contributed by atoms with Gasteiger partial charge in [0.05, 0.1) is 12.2 Å². The highest BCUT2D eigenvalue weighted by atomic mass is 19.1. The Bertz CT molecular complexity index is 284. The first kappa shape index (κ1) is 8.71. The van der Waals surface area contributed by atoms with Gasteiger partial charge in [-0.15, -0.1) is 0 Å². The third kappa shape index (κ3) is 1.81. The van der Waals surface area contributed by atoms with Crippen LogP contribution in [0.4, 0.5) is 4.39 Å². The van der Waals surface area contributed by atoms with Crippen molar-refractivity contribution >= 4 is 6.29 Å². The van der Waals surface area contributed by atoms with Gasteiger partial charge in [0.25, 0.3) is 0 Å². The molecule has 0 radical (unpaired) electrons. The number of carbonyl (C=O) groups excluding carboxylic acids is 1. The van der Waals surface area contributed by atoms with Gasteiger partial charge in [-0.05, 0) is 19.1 Å². The maximum atomic E-state index is 12.9. The van der Waals surface area contributed by atoms with Crippen molar-refractivity contribution in [2.24, 2.45) is 0 Å². The average Bonchev–Trinajstić information content (AvgIpc) is 2.05. The van der Waals surface area contributed by atoms with Gasteiger partial charge >= 0.3 is 0 Å². The van der Waals surface area contributed by atoms with E-state index in [9.17, 15) is 9.18 Å². The van der Waals surface area contributed by atoms with Crippen molar-refractivity contribution in [2.45, 2.75) is 6.92 Å². The molecule has 0 aliphatic rings. The minimum atomic E-state index is -0.545. The first-order valence-electron chi connectivity index (χ1n) is 3.65. The summed E-state index contributed by atoms with van der Waals surface area (Å²) in [6, 6.07) is 4.16. The number of aldehydes is 1. The van der Waals surface area contributed by atoms with Gasteiger partial charge in [-0.3, -0.25) is 4.79 Å². The maximum Gasteiger partial charge on any atom is 0.152 e. The molecule has 1 aromatic carbocycles. The number of halogens is 1. The summed E-state index contributed by atoms with van der Waals surface area (Å²) in [5.41, 5.74) is 0.0541. The fourth-order valence-corrected chi connectivity index (χ4v) is 0.860. The highest BCUT2D eigenvalue weighted by Gasteiger charge is 2.01. The Morgan fingerprint density at radius 2 is 2.33 bits per heavy atom. The van der Waals surface area contributed by atoms with E-state index in [4.69, 9.17) is 4.74 Å². The van der Waals surface area contributed by atoms with Crippen LogP contribution in [0.15, 0.2) is 18.2 Å². The standard InChI is InChI=1S/C9H9FO2/c1-2-12-8-4-3-7(6-11)9(10)5-8/h3-6H,2H2,1H3. The zero-order valence-corrected chi connectivity index (χ0v) is 6.71. The second kappa shape index (κ2) is 3.85. The third-order valence-corrected chi connectivity index (χ3v) is 1.41. The molecule has 0 aliphatic carbocycles. The number of hydrogen-bond donors (Lipinski definition) is 0. The fourth-order valence-electron chi connectivity index (χ4n) is 0.860. The van der Waals surface area contributed by atoms with E-state index in [0.29, 0.717) is 18.6 Å². The summed E-state index contributed by atoms with van der Waals surface area (Å²) in [7, 11) is 0. The van der Waals surface area contributed by atoms with Gasteiger partial charge in [-0.1, -0.05) is 0 Å². The summed E-state index contributed by atoms with van der Waals surface area (Å²) in [5, 5.41) is 0. The molecular weight excluding hydrogens is 159 g/mol. The van der Waals surface area contributed by atoms with Crippen molar-refractivity contribution in [1.29, 1.82) is 0 Å². The van der Waals surface area contributed by atoms with Crippen LogP contribution in [-0.2, 0) is 0 Å². The lowest BCUT2D eigenvalue weighted by molar-refractivity contribution is 0.112. The first-order valence-corrected chi connectivity index (χ1v) is 3.65. The van der Waals surface area contributed by atoms with Gasteiger partial charge in [-0.2, -0.15) is 0 Å². The molecule has 0 unspecified atom stereocenters. The maximum absolute atomic E-state index is 12.9. The summed E-state index contributed by atoms with van der Waals surface area (Å²) in [5.74, 6) is -0.100. The van der Waals surface area contributed by atoms with Crippen molar-refractivity contribution in [2.75, 3.05) is 6.61 Å². The zero-order chi connectivity index (χ0) is 8.97. The largest absolute Gasteiger partial charge is 0.494 e. The predicted molar refractivity (Wildman–Crippen MR) is 43.0 cm³/mol. The predicted octanol–water partition coefficient (Wildman–Crippen LogP) is 2.04. The van der Waals surface area contributed by atoms with E-state index in [1.165, 1.54) is 12.1 Å².